The Hall–Kier alpha value is -2.42. The zero-order chi connectivity index (χ0) is 13.8. The number of aromatic carboxylic acids is 1. The molecule has 0 bridgehead atoms. The Morgan fingerprint density at radius 2 is 1.53 bits per heavy atom. The van der Waals surface area contributed by atoms with E-state index in [0.29, 0.717) is 5.56 Å². The maximum atomic E-state index is 11.0. The van der Waals surface area contributed by atoms with Crippen LogP contribution in [-0.2, 0) is 0 Å². The molecule has 0 fully saturated rings. The predicted molar refractivity (Wildman–Crippen MR) is 75.8 cm³/mol. The molecule has 0 atom stereocenters. The van der Waals surface area contributed by atoms with Crippen LogP contribution in [0.15, 0.2) is 48.8 Å². The predicted octanol–water partition coefficient (Wildman–Crippen LogP) is 3.73. The fraction of sp³-hybridized carbons (Fsp3) is 0.125. The summed E-state index contributed by atoms with van der Waals surface area (Å²) in [6, 6.07) is 10.9. The lowest BCUT2D eigenvalue weighted by molar-refractivity contribution is 0.0697. The standard InChI is InChI=1S/C16H15NO2/c1-11(13-6-8-17-9-7-13)12(2)14-4-3-5-15(10-14)16(18)19/h3-10H,1-2H3,(H,18,19)/b12-11-. The fourth-order valence-electron chi connectivity index (χ4n) is 1.92. The molecule has 2 aromatic rings. The van der Waals surface area contributed by atoms with Crippen LogP contribution in [0.5, 0.6) is 0 Å². The first-order valence-electron chi connectivity index (χ1n) is 6.01. The van der Waals surface area contributed by atoms with E-state index in [4.69, 9.17) is 5.11 Å². The van der Waals surface area contributed by atoms with Crippen molar-refractivity contribution in [3.8, 4) is 0 Å². The molecule has 0 aliphatic rings. The lowest BCUT2D eigenvalue weighted by Gasteiger charge is -2.09. The highest BCUT2D eigenvalue weighted by atomic mass is 16.4. The molecule has 0 aliphatic heterocycles. The van der Waals surface area contributed by atoms with Crippen molar-refractivity contribution < 1.29 is 9.90 Å². The van der Waals surface area contributed by atoms with E-state index in [2.05, 4.69) is 4.98 Å². The van der Waals surface area contributed by atoms with Crippen LogP contribution >= 0.6 is 0 Å². The van der Waals surface area contributed by atoms with Gasteiger partial charge in [-0.15, -0.1) is 0 Å². The van der Waals surface area contributed by atoms with Gasteiger partial charge in [0.1, 0.15) is 0 Å². The minimum atomic E-state index is -0.906. The van der Waals surface area contributed by atoms with E-state index in [1.165, 1.54) is 0 Å². The quantitative estimate of drug-likeness (QED) is 0.906. The third-order valence-corrected chi connectivity index (χ3v) is 3.22. The van der Waals surface area contributed by atoms with Crippen molar-refractivity contribution in [3.63, 3.8) is 0 Å². The van der Waals surface area contributed by atoms with Crippen LogP contribution in [0.1, 0.15) is 35.3 Å². The Labute approximate surface area is 112 Å². The van der Waals surface area contributed by atoms with Gasteiger partial charge in [0, 0.05) is 12.4 Å². The van der Waals surface area contributed by atoms with Crippen LogP contribution in [0.4, 0.5) is 0 Å². The van der Waals surface area contributed by atoms with Gasteiger partial charge in [-0.05, 0) is 60.4 Å². The van der Waals surface area contributed by atoms with Gasteiger partial charge in [0.15, 0.2) is 0 Å². The average molecular weight is 253 g/mol. The van der Waals surface area contributed by atoms with Crippen LogP contribution in [0.3, 0.4) is 0 Å². The van der Waals surface area contributed by atoms with Crippen LogP contribution in [0.2, 0.25) is 0 Å². The van der Waals surface area contributed by atoms with Gasteiger partial charge in [-0.1, -0.05) is 12.1 Å². The van der Waals surface area contributed by atoms with Crippen LogP contribution < -0.4 is 0 Å². The number of aromatic nitrogens is 1. The second-order valence-electron chi connectivity index (χ2n) is 4.37. The van der Waals surface area contributed by atoms with E-state index in [-0.39, 0.29) is 0 Å². The summed E-state index contributed by atoms with van der Waals surface area (Å²) in [5, 5.41) is 9.02. The zero-order valence-corrected chi connectivity index (χ0v) is 10.9. The Kier molecular flexibility index (Phi) is 3.76. The van der Waals surface area contributed by atoms with Gasteiger partial charge in [0.25, 0.3) is 0 Å². The highest BCUT2D eigenvalue weighted by molar-refractivity contribution is 5.92. The molecule has 0 unspecified atom stereocenters. The van der Waals surface area contributed by atoms with Crippen molar-refractivity contribution >= 4 is 17.1 Å². The highest BCUT2D eigenvalue weighted by Gasteiger charge is 2.07. The first-order valence-corrected chi connectivity index (χ1v) is 6.01. The molecule has 0 amide bonds. The number of carboxylic acid groups (broad SMARTS) is 1. The molecule has 3 heteroatoms. The number of pyridine rings is 1. The largest absolute Gasteiger partial charge is 0.478 e. The molecular weight excluding hydrogens is 238 g/mol. The molecule has 0 spiro atoms. The van der Waals surface area contributed by atoms with Crippen molar-refractivity contribution in [2.75, 3.05) is 0 Å². The average Bonchev–Trinajstić information content (AvgIpc) is 2.46. The number of rotatable bonds is 3. The molecule has 1 aromatic heterocycles. The molecule has 1 N–H and O–H groups in total. The highest BCUT2D eigenvalue weighted by Crippen LogP contribution is 2.25. The molecule has 19 heavy (non-hydrogen) atoms. The second-order valence-corrected chi connectivity index (χ2v) is 4.37. The van der Waals surface area contributed by atoms with Gasteiger partial charge in [-0.3, -0.25) is 4.98 Å². The molecule has 0 aliphatic carbocycles. The molecule has 1 heterocycles. The summed E-state index contributed by atoms with van der Waals surface area (Å²) in [5.41, 5.74) is 4.50. The zero-order valence-electron chi connectivity index (χ0n) is 10.9. The van der Waals surface area contributed by atoms with E-state index in [1.807, 2.05) is 32.0 Å². The van der Waals surface area contributed by atoms with Crippen LogP contribution in [0.25, 0.3) is 11.1 Å². The summed E-state index contributed by atoms with van der Waals surface area (Å²) in [5.74, 6) is -0.906. The molecule has 2 rings (SSSR count). The van der Waals surface area contributed by atoms with Gasteiger partial charge in [-0.2, -0.15) is 0 Å². The van der Waals surface area contributed by atoms with Crippen molar-refractivity contribution in [3.05, 3.63) is 65.5 Å². The van der Waals surface area contributed by atoms with Gasteiger partial charge in [-0.25, -0.2) is 4.79 Å². The maximum Gasteiger partial charge on any atom is 0.335 e. The molecule has 1 aromatic carbocycles. The SMILES string of the molecule is C/C(=C(\C)c1cccc(C(=O)O)c1)c1ccncc1. The van der Waals surface area contributed by atoms with Crippen molar-refractivity contribution in [2.24, 2.45) is 0 Å². The van der Waals surface area contributed by atoms with Crippen molar-refractivity contribution in [1.82, 2.24) is 4.98 Å². The third-order valence-electron chi connectivity index (χ3n) is 3.22. The number of benzene rings is 1. The monoisotopic (exact) mass is 253 g/mol. The maximum absolute atomic E-state index is 11.0. The smallest absolute Gasteiger partial charge is 0.335 e. The Balaban J connectivity index is 2.46. The van der Waals surface area contributed by atoms with E-state index in [9.17, 15) is 4.79 Å². The molecule has 0 radical (unpaired) electrons. The normalized spacial score (nSPS) is 11.9. The minimum absolute atomic E-state index is 0.305. The summed E-state index contributed by atoms with van der Waals surface area (Å²) in [6.45, 7) is 4.02. The first-order chi connectivity index (χ1) is 9.09. The molecule has 96 valence electrons. The summed E-state index contributed by atoms with van der Waals surface area (Å²) >= 11 is 0. The Morgan fingerprint density at radius 3 is 2.16 bits per heavy atom. The molecule has 0 saturated carbocycles. The fourth-order valence-corrected chi connectivity index (χ4v) is 1.92. The summed E-state index contributed by atoms with van der Waals surface area (Å²) in [4.78, 5) is 15.0. The topological polar surface area (TPSA) is 50.2 Å². The Morgan fingerprint density at radius 1 is 0.947 bits per heavy atom. The lowest BCUT2D eigenvalue weighted by Crippen LogP contribution is -1.97. The van der Waals surface area contributed by atoms with E-state index in [1.54, 1.807) is 30.6 Å². The van der Waals surface area contributed by atoms with E-state index < -0.39 is 5.97 Å². The summed E-state index contributed by atoms with van der Waals surface area (Å²) < 4.78 is 0. The minimum Gasteiger partial charge on any atom is -0.478 e. The molecular formula is C16H15NO2. The number of carbonyl (C=O) groups is 1. The van der Waals surface area contributed by atoms with Crippen molar-refractivity contribution in [2.45, 2.75) is 13.8 Å². The first kappa shape index (κ1) is 13.0. The second kappa shape index (κ2) is 5.48. The van der Waals surface area contributed by atoms with Crippen molar-refractivity contribution in [1.29, 1.82) is 0 Å². The van der Waals surface area contributed by atoms with Gasteiger partial charge < -0.3 is 5.11 Å². The van der Waals surface area contributed by atoms with Gasteiger partial charge >= 0.3 is 5.97 Å². The van der Waals surface area contributed by atoms with Crippen LogP contribution in [-0.4, -0.2) is 16.1 Å². The lowest BCUT2D eigenvalue weighted by atomic mass is 9.96. The number of carboxylic acids is 1. The third kappa shape index (κ3) is 2.88. The van der Waals surface area contributed by atoms with Gasteiger partial charge in [0.2, 0.25) is 0 Å². The number of nitrogens with zero attached hydrogens (tertiary/aromatic N) is 1. The number of allylic oxidation sites excluding steroid dienone is 2. The molecule has 0 saturated heterocycles. The Bertz CT molecular complexity index is 630. The summed E-state index contributed by atoms with van der Waals surface area (Å²) in [7, 11) is 0. The number of hydrogen-bond acceptors (Lipinski definition) is 2. The van der Waals surface area contributed by atoms with Gasteiger partial charge in [0.05, 0.1) is 5.56 Å². The summed E-state index contributed by atoms with van der Waals surface area (Å²) in [6.07, 6.45) is 3.50. The van der Waals surface area contributed by atoms with E-state index in [0.717, 1.165) is 22.3 Å². The molecule has 3 nitrogen and oxygen atoms in total. The van der Waals surface area contributed by atoms with Crippen LogP contribution in [0, 0.1) is 0 Å². The van der Waals surface area contributed by atoms with E-state index >= 15 is 0 Å². The number of hydrogen-bond donors (Lipinski definition) is 1.